The van der Waals surface area contributed by atoms with Gasteiger partial charge in [-0.2, -0.15) is 0 Å². The van der Waals surface area contributed by atoms with E-state index in [2.05, 4.69) is 17.1 Å². The molecule has 0 amide bonds. The lowest BCUT2D eigenvalue weighted by molar-refractivity contribution is 0.371. The second-order valence-electron chi connectivity index (χ2n) is 1.90. The lowest BCUT2D eigenvalue weighted by atomic mass is 10.2. The predicted octanol–water partition coefficient (Wildman–Crippen LogP) is 2.19. The van der Waals surface area contributed by atoms with Crippen molar-refractivity contribution in [3.05, 3.63) is 35.6 Å². The highest BCUT2D eigenvalue weighted by Gasteiger charge is 1.90. The topological polar surface area (TPSA) is 9.23 Å². The predicted molar refractivity (Wildman–Crippen MR) is 40.2 cm³/mol. The zero-order valence-electron chi connectivity index (χ0n) is 5.25. The van der Waals surface area contributed by atoms with Crippen molar-refractivity contribution in [3.8, 4) is 0 Å². The van der Waals surface area contributed by atoms with E-state index in [0.29, 0.717) is 6.61 Å². The standard InChI is InChI=1S/C7H7FOS/c8-7-3-1-6(2-4-7)5-9-10/h1-4,10H,5H2. The van der Waals surface area contributed by atoms with E-state index in [1.807, 2.05) is 0 Å². The van der Waals surface area contributed by atoms with Gasteiger partial charge in [-0.05, 0) is 30.6 Å². The molecule has 3 heteroatoms. The monoisotopic (exact) mass is 158 g/mol. The molecule has 0 aliphatic carbocycles. The van der Waals surface area contributed by atoms with Gasteiger partial charge in [-0.1, -0.05) is 12.1 Å². The third kappa shape index (κ3) is 2.01. The molecule has 0 fully saturated rings. The summed E-state index contributed by atoms with van der Waals surface area (Å²) in [6.45, 7) is 0.406. The molecule has 0 unspecified atom stereocenters. The summed E-state index contributed by atoms with van der Waals surface area (Å²) >= 11 is 3.56. The summed E-state index contributed by atoms with van der Waals surface area (Å²) in [5.74, 6) is -0.233. The highest BCUT2D eigenvalue weighted by molar-refractivity contribution is 7.75. The lowest BCUT2D eigenvalue weighted by Crippen LogP contribution is -1.83. The quantitative estimate of drug-likeness (QED) is 0.512. The fraction of sp³-hybridized carbons (Fsp3) is 0.143. The maximum absolute atomic E-state index is 12.3. The van der Waals surface area contributed by atoms with Crippen LogP contribution in [0.4, 0.5) is 4.39 Å². The molecule has 0 radical (unpaired) electrons. The Morgan fingerprint density at radius 1 is 1.30 bits per heavy atom. The molecule has 0 heterocycles. The van der Waals surface area contributed by atoms with E-state index in [-0.39, 0.29) is 5.82 Å². The minimum Gasteiger partial charge on any atom is -0.314 e. The van der Waals surface area contributed by atoms with Gasteiger partial charge >= 0.3 is 0 Å². The summed E-state index contributed by atoms with van der Waals surface area (Å²) in [6, 6.07) is 6.10. The van der Waals surface area contributed by atoms with Gasteiger partial charge in [0, 0.05) is 0 Å². The minimum atomic E-state index is -0.233. The summed E-state index contributed by atoms with van der Waals surface area (Å²) in [7, 11) is 0. The van der Waals surface area contributed by atoms with Crippen molar-refractivity contribution in [2.45, 2.75) is 6.61 Å². The Balaban J connectivity index is 2.69. The molecule has 0 aliphatic heterocycles. The summed E-state index contributed by atoms with van der Waals surface area (Å²) in [6.07, 6.45) is 0. The third-order valence-electron chi connectivity index (χ3n) is 1.14. The molecule has 1 rings (SSSR count). The molecule has 1 aromatic rings. The van der Waals surface area contributed by atoms with Crippen LogP contribution in [0, 0.1) is 5.82 Å². The van der Waals surface area contributed by atoms with Crippen LogP contribution in [0.1, 0.15) is 5.56 Å². The van der Waals surface area contributed by atoms with Crippen molar-refractivity contribution in [1.29, 1.82) is 0 Å². The number of rotatable bonds is 2. The van der Waals surface area contributed by atoms with Crippen molar-refractivity contribution in [3.63, 3.8) is 0 Å². The van der Waals surface area contributed by atoms with Crippen LogP contribution in [-0.4, -0.2) is 0 Å². The zero-order chi connectivity index (χ0) is 7.40. The zero-order valence-corrected chi connectivity index (χ0v) is 6.14. The van der Waals surface area contributed by atoms with Gasteiger partial charge in [-0.25, -0.2) is 4.39 Å². The van der Waals surface area contributed by atoms with Gasteiger partial charge in [-0.15, -0.1) is 0 Å². The molecule has 0 saturated heterocycles. The van der Waals surface area contributed by atoms with Crippen LogP contribution in [0.25, 0.3) is 0 Å². The normalized spacial score (nSPS) is 9.80. The van der Waals surface area contributed by atoms with Crippen LogP contribution in [0.2, 0.25) is 0 Å². The first-order valence-corrected chi connectivity index (χ1v) is 3.20. The second-order valence-corrected chi connectivity index (χ2v) is 2.16. The van der Waals surface area contributed by atoms with Crippen molar-refractivity contribution in [2.24, 2.45) is 0 Å². The summed E-state index contributed by atoms with van der Waals surface area (Å²) < 4.78 is 16.8. The SMILES string of the molecule is Fc1ccc(COS)cc1. The fourth-order valence-corrected chi connectivity index (χ4v) is 0.804. The molecule has 0 atom stereocenters. The van der Waals surface area contributed by atoms with Gasteiger partial charge in [0.15, 0.2) is 0 Å². The molecule has 10 heavy (non-hydrogen) atoms. The van der Waals surface area contributed by atoms with Crippen molar-refractivity contribution in [1.82, 2.24) is 0 Å². The van der Waals surface area contributed by atoms with Gasteiger partial charge in [0.1, 0.15) is 5.82 Å². The molecular weight excluding hydrogens is 151 g/mol. The number of hydrogen-bond donors (Lipinski definition) is 1. The second kappa shape index (κ2) is 3.58. The molecule has 1 nitrogen and oxygen atoms in total. The highest BCUT2D eigenvalue weighted by atomic mass is 32.1. The molecule has 0 N–H and O–H groups in total. The molecule has 0 bridgehead atoms. The van der Waals surface area contributed by atoms with Gasteiger partial charge in [0.05, 0.1) is 6.61 Å². The maximum atomic E-state index is 12.3. The van der Waals surface area contributed by atoms with Gasteiger partial charge in [-0.3, -0.25) is 0 Å². The minimum absolute atomic E-state index is 0.233. The lowest BCUT2D eigenvalue weighted by Gasteiger charge is -1.95. The van der Waals surface area contributed by atoms with E-state index < -0.39 is 0 Å². The summed E-state index contributed by atoms with van der Waals surface area (Å²) in [4.78, 5) is 0. The first kappa shape index (κ1) is 7.57. The number of thiol groups is 1. The molecule has 1 aromatic carbocycles. The Kier molecular flexibility index (Phi) is 2.71. The maximum Gasteiger partial charge on any atom is 0.123 e. The number of halogens is 1. The van der Waals surface area contributed by atoms with E-state index in [1.165, 1.54) is 12.1 Å². The Hall–Kier alpha value is -0.540. The summed E-state index contributed by atoms with van der Waals surface area (Å²) in [5, 5.41) is 0. The van der Waals surface area contributed by atoms with E-state index in [4.69, 9.17) is 0 Å². The van der Waals surface area contributed by atoms with Gasteiger partial charge in [0.25, 0.3) is 0 Å². The molecule has 0 aliphatic rings. The van der Waals surface area contributed by atoms with Crippen molar-refractivity contribution >= 4 is 12.9 Å². The number of hydrogen-bond acceptors (Lipinski definition) is 2. The van der Waals surface area contributed by atoms with Crippen molar-refractivity contribution < 1.29 is 8.57 Å². The molecule has 54 valence electrons. The van der Waals surface area contributed by atoms with Crippen LogP contribution >= 0.6 is 12.9 Å². The highest BCUT2D eigenvalue weighted by Crippen LogP contribution is 2.04. The molecule has 0 aromatic heterocycles. The van der Waals surface area contributed by atoms with Gasteiger partial charge in [0.2, 0.25) is 0 Å². The van der Waals surface area contributed by atoms with Crippen molar-refractivity contribution in [2.75, 3.05) is 0 Å². The van der Waals surface area contributed by atoms with Crippen LogP contribution in [0.5, 0.6) is 0 Å². The van der Waals surface area contributed by atoms with E-state index in [0.717, 1.165) is 5.56 Å². The first-order valence-electron chi connectivity index (χ1n) is 2.84. The van der Waals surface area contributed by atoms with E-state index >= 15 is 0 Å². The Morgan fingerprint density at radius 3 is 2.40 bits per heavy atom. The average Bonchev–Trinajstić information content (AvgIpc) is 1.95. The molecule has 0 saturated carbocycles. The van der Waals surface area contributed by atoms with E-state index in [1.54, 1.807) is 12.1 Å². The molecule has 0 spiro atoms. The summed E-state index contributed by atoms with van der Waals surface area (Å²) in [5.41, 5.74) is 0.913. The fourth-order valence-electron chi connectivity index (χ4n) is 0.655. The smallest absolute Gasteiger partial charge is 0.123 e. The third-order valence-corrected chi connectivity index (χ3v) is 1.27. The first-order chi connectivity index (χ1) is 4.83. The largest absolute Gasteiger partial charge is 0.314 e. The van der Waals surface area contributed by atoms with Crippen LogP contribution in [-0.2, 0) is 10.8 Å². The average molecular weight is 158 g/mol. The van der Waals surface area contributed by atoms with Crippen LogP contribution in [0.3, 0.4) is 0 Å². The Morgan fingerprint density at radius 2 is 1.90 bits per heavy atom. The Labute approximate surface area is 64.4 Å². The molecular formula is C7H7FOS. The van der Waals surface area contributed by atoms with Gasteiger partial charge < -0.3 is 4.18 Å². The van der Waals surface area contributed by atoms with Crippen LogP contribution < -0.4 is 0 Å². The van der Waals surface area contributed by atoms with Crippen LogP contribution in [0.15, 0.2) is 24.3 Å². The van der Waals surface area contributed by atoms with E-state index in [9.17, 15) is 4.39 Å². The number of benzene rings is 1. The Bertz CT molecular complexity index is 197.